The Balaban J connectivity index is 4.30. The van der Waals surface area contributed by atoms with Crippen LogP contribution < -0.4 is 0 Å². The molecule has 0 N–H and O–H groups in total. The summed E-state index contributed by atoms with van der Waals surface area (Å²) in [6.45, 7) is 9.06. The molecule has 0 spiro atoms. The summed E-state index contributed by atoms with van der Waals surface area (Å²) in [6.07, 6.45) is 55.1. The Labute approximate surface area is 393 Å². The maximum Gasteiger partial charge on any atom is 0.306 e. The number of hydrogen-bond acceptors (Lipinski definition) is 6. The number of hydrogen-bond donors (Lipinski definition) is 0. The molecule has 6 nitrogen and oxygen atoms in total. The molecule has 0 saturated carbocycles. The number of ether oxygens (including phenoxy) is 3. The van der Waals surface area contributed by atoms with Crippen LogP contribution in [0.1, 0.15) is 323 Å². The summed E-state index contributed by atoms with van der Waals surface area (Å²) in [6, 6.07) is 0. The highest BCUT2D eigenvalue weighted by Crippen LogP contribution is 2.18. The lowest BCUT2D eigenvalue weighted by atomic mass is 10.0. The van der Waals surface area contributed by atoms with Gasteiger partial charge in [0.05, 0.1) is 0 Å². The fraction of sp³-hybridized carbons (Fsp3) is 0.947. The zero-order chi connectivity index (χ0) is 45.9. The van der Waals surface area contributed by atoms with Gasteiger partial charge in [-0.05, 0) is 25.2 Å². The van der Waals surface area contributed by atoms with Crippen LogP contribution in [-0.2, 0) is 28.6 Å². The molecule has 0 aliphatic carbocycles. The van der Waals surface area contributed by atoms with Gasteiger partial charge >= 0.3 is 17.9 Å². The van der Waals surface area contributed by atoms with E-state index in [9.17, 15) is 14.4 Å². The maximum absolute atomic E-state index is 12.8. The van der Waals surface area contributed by atoms with E-state index >= 15 is 0 Å². The molecule has 0 saturated heterocycles. The summed E-state index contributed by atoms with van der Waals surface area (Å²) in [7, 11) is 0. The third-order valence-corrected chi connectivity index (χ3v) is 13.0. The standard InChI is InChI=1S/C57H110O6/c1-5-7-9-11-13-15-17-19-21-25-29-33-37-41-45-49-56(59)62-52-54(51-61-55(58)48-44-40-36-32-28-24-20-18-16-14-12-10-8-6-2)63-57(60)50-46-42-38-34-30-26-22-23-27-31-35-39-43-47-53(3)4/h53-54H,5-52H2,1-4H3/t54-/m1/s1. The number of esters is 3. The van der Waals surface area contributed by atoms with Crippen LogP contribution in [0.25, 0.3) is 0 Å². The average Bonchev–Trinajstić information content (AvgIpc) is 3.27. The van der Waals surface area contributed by atoms with Crippen LogP contribution in [0.2, 0.25) is 0 Å². The predicted octanol–water partition coefficient (Wildman–Crippen LogP) is 18.6. The van der Waals surface area contributed by atoms with Gasteiger partial charge in [0.1, 0.15) is 13.2 Å². The van der Waals surface area contributed by atoms with Crippen LogP contribution in [-0.4, -0.2) is 37.2 Å². The minimum Gasteiger partial charge on any atom is -0.462 e. The molecular weight excluding hydrogens is 781 g/mol. The summed E-state index contributed by atoms with van der Waals surface area (Å²) < 4.78 is 16.9. The fourth-order valence-electron chi connectivity index (χ4n) is 8.75. The van der Waals surface area contributed by atoms with Crippen molar-refractivity contribution >= 4 is 17.9 Å². The van der Waals surface area contributed by atoms with Crippen LogP contribution in [0.15, 0.2) is 0 Å². The van der Waals surface area contributed by atoms with Crippen molar-refractivity contribution in [2.45, 2.75) is 329 Å². The van der Waals surface area contributed by atoms with Gasteiger partial charge in [0.15, 0.2) is 6.10 Å². The number of carbonyl (C=O) groups is 3. The summed E-state index contributed by atoms with van der Waals surface area (Å²) in [5, 5.41) is 0. The summed E-state index contributed by atoms with van der Waals surface area (Å²) in [4.78, 5) is 38.1. The van der Waals surface area contributed by atoms with Crippen LogP contribution in [0.5, 0.6) is 0 Å². The van der Waals surface area contributed by atoms with Gasteiger partial charge in [-0.15, -0.1) is 0 Å². The normalized spacial score (nSPS) is 12.0. The minimum atomic E-state index is -0.761. The first-order valence-corrected chi connectivity index (χ1v) is 28.4. The van der Waals surface area contributed by atoms with E-state index in [-0.39, 0.29) is 31.1 Å². The monoisotopic (exact) mass is 891 g/mol. The molecule has 0 rings (SSSR count). The Morgan fingerprint density at radius 3 is 0.778 bits per heavy atom. The third kappa shape index (κ3) is 51.3. The molecule has 0 aromatic heterocycles. The van der Waals surface area contributed by atoms with E-state index in [4.69, 9.17) is 14.2 Å². The van der Waals surface area contributed by atoms with E-state index in [2.05, 4.69) is 27.7 Å². The second-order valence-electron chi connectivity index (χ2n) is 20.1. The zero-order valence-corrected chi connectivity index (χ0v) is 43.0. The highest BCUT2D eigenvalue weighted by Gasteiger charge is 2.19. The topological polar surface area (TPSA) is 78.9 Å². The average molecular weight is 892 g/mol. The van der Waals surface area contributed by atoms with Crippen molar-refractivity contribution in [2.24, 2.45) is 5.92 Å². The SMILES string of the molecule is CCCCCCCCCCCCCCCCCC(=O)OC[C@@H](COC(=O)CCCCCCCCCCCCCCCC)OC(=O)CCCCCCCCCCCCCCCC(C)C. The largest absolute Gasteiger partial charge is 0.462 e. The molecule has 0 amide bonds. The third-order valence-electron chi connectivity index (χ3n) is 13.0. The van der Waals surface area contributed by atoms with Crippen molar-refractivity contribution < 1.29 is 28.6 Å². The second kappa shape index (κ2) is 51.4. The van der Waals surface area contributed by atoms with Crippen LogP contribution >= 0.6 is 0 Å². The van der Waals surface area contributed by atoms with Crippen molar-refractivity contribution in [2.75, 3.05) is 13.2 Å². The van der Waals surface area contributed by atoms with Gasteiger partial charge in [0, 0.05) is 19.3 Å². The molecule has 0 aliphatic rings. The van der Waals surface area contributed by atoms with E-state index in [1.807, 2.05) is 0 Å². The Bertz CT molecular complexity index is 949. The summed E-state index contributed by atoms with van der Waals surface area (Å²) in [5.74, 6) is 0.00214. The van der Waals surface area contributed by atoms with Gasteiger partial charge in [-0.3, -0.25) is 14.4 Å². The van der Waals surface area contributed by atoms with Gasteiger partial charge in [0.2, 0.25) is 0 Å². The molecule has 0 fully saturated rings. The van der Waals surface area contributed by atoms with Crippen LogP contribution in [0.3, 0.4) is 0 Å². The van der Waals surface area contributed by atoms with E-state index in [1.165, 1.54) is 218 Å². The highest BCUT2D eigenvalue weighted by atomic mass is 16.6. The van der Waals surface area contributed by atoms with Crippen molar-refractivity contribution in [3.05, 3.63) is 0 Å². The first-order valence-electron chi connectivity index (χ1n) is 28.4. The fourth-order valence-corrected chi connectivity index (χ4v) is 8.75. The van der Waals surface area contributed by atoms with E-state index < -0.39 is 6.10 Å². The van der Waals surface area contributed by atoms with E-state index in [0.717, 1.165) is 63.7 Å². The molecule has 63 heavy (non-hydrogen) atoms. The van der Waals surface area contributed by atoms with E-state index in [1.54, 1.807) is 0 Å². The van der Waals surface area contributed by atoms with Crippen molar-refractivity contribution in [3.8, 4) is 0 Å². The molecule has 0 bridgehead atoms. The van der Waals surface area contributed by atoms with Crippen LogP contribution in [0, 0.1) is 5.92 Å². The summed E-state index contributed by atoms with van der Waals surface area (Å²) in [5.41, 5.74) is 0. The second-order valence-corrected chi connectivity index (χ2v) is 20.1. The Kier molecular flexibility index (Phi) is 50.1. The molecule has 0 aromatic rings. The molecule has 0 aromatic carbocycles. The molecule has 374 valence electrons. The van der Waals surface area contributed by atoms with Gasteiger partial charge in [-0.2, -0.15) is 0 Å². The molecule has 0 heterocycles. The zero-order valence-electron chi connectivity index (χ0n) is 43.0. The lowest BCUT2D eigenvalue weighted by Crippen LogP contribution is -2.30. The Morgan fingerprint density at radius 2 is 0.524 bits per heavy atom. The molecule has 0 aliphatic heterocycles. The van der Waals surface area contributed by atoms with Gasteiger partial charge < -0.3 is 14.2 Å². The molecular formula is C57H110O6. The lowest BCUT2D eigenvalue weighted by Gasteiger charge is -2.18. The predicted molar refractivity (Wildman–Crippen MR) is 270 cm³/mol. The van der Waals surface area contributed by atoms with Crippen molar-refractivity contribution in [3.63, 3.8) is 0 Å². The highest BCUT2D eigenvalue weighted by molar-refractivity contribution is 5.71. The summed E-state index contributed by atoms with van der Waals surface area (Å²) >= 11 is 0. The smallest absolute Gasteiger partial charge is 0.306 e. The van der Waals surface area contributed by atoms with Gasteiger partial charge in [-0.1, -0.05) is 285 Å². The molecule has 6 heteroatoms. The first-order chi connectivity index (χ1) is 30.9. The van der Waals surface area contributed by atoms with Crippen molar-refractivity contribution in [1.29, 1.82) is 0 Å². The molecule has 0 unspecified atom stereocenters. The van der Waals surface area contributed by atoms with E-state index in [0.29, 0.717) is 19.3 Å². The Morgan fingerprint density at radius 1 is 0.302 bits per heavy atom. The minimum absolute atomic E-state index is 0.0619. The maximum atomic E-state index is 12.8. The number of unbranched alkanes of at least 4 members (excludes halogenated alkanes) is 39. The lowest BCUT2D eigenvalue weighted by molar-refractivity contribution is -0.167. The van der Waals surface area contributed by atoms with Gasteiger partial charge in [-0.25, -0.2) is 0 Å². The van der Waals surface area contributed by atoms with Gasteiger partial charge in [0.25, 0.3) is 0 Å². The van der Waals surface area contributed by atoms with Crippen LogP contribution in [0.4, 0.5) is 0 Å². The quantitative estimate of drug-likeness (QED) is 0.0344. The molecule has 0 radical (unpaired) electrons. The number of rotatable bonds is 52. The first kappa shape index (κ1) is 61.4. The number of carbonyl (C=O) groups excluding carboxylic acids is 3. The van der Waals surface area contributed by atoms with Crippen molar-refractivity contribution in [1.82, 2.24) is 0 Å². The molecule has 1 atom stereocenters. The Hall–Kier alpha value is -1.59.